The summed E-state index contributed by atoms with van der Waals surface area (Å²) in [6, 6.07) is 68.3. The van der Waals surface area contributed by atoms with E-state index in [0.717, 1.165) is 112 Å². The lowest BCUT2D eigenvalue weighted by atomic mass is 9.85. The molecule has 0 bridgehead atoms. The van der Waals surface area contributed by atoms with Crippen molar-refractivity contribution < 1.29 is 10.2 Å². The van der Waals surface area contributed by atoms with Gasteiger partial charge in [-0.3, -0.25) is 0 Å². The smallest absolute Gasteiger partial charge is 0.128 e. The molecule has 11 rings (SSSR count). The zero-order chi connectivity index (χ0) is 41.6. The molecule has 10 aromatic carbocycles. The van der Waals surface area contributed by atoms with Gasteiger partial charge in [0, 0.05) is 47.4 Å². The second-order valence-electron chi connectivity index (χ2n) is 16.7. The van der Waals surface area contributed by atoms with Crippen LogP contribution in [0, 0.1) is 0 Å². The van der Waals surface area contributed by atoms with E-state index in [1.165, 1.54) is 0 Å². The maximum atomic E-state index is 12.3. The standard InChI is InChI=1S/C58H46N2O2/c61-57-45(31-41-21-9-13-25-49(41)55(57)51-33-43(37-15-3-1-4-16-37)29-39-19-7-11-23-47(39)51)35-59-53-27-28-54(53)60-36-46-32-42-22-10-14-26-50(42)56(58(46)62)52-34-44(38-17-5-2-6-18-38)30-40-20-8-12-24-48(40)52/h1-26,29-34,53-54,59-62H,27-28,35-36H2/t53-,54-/m0/s1. The summed E-state index contributed by atoms with van der Waals surface area (Å²) in [6.07, 6.45) is 2.05. The van der Waals surface area contributed by atoms with Crippen LogP contribution in [0.25, 0.3) is 87.6 Å². The molecule has 1 aliphatic carbocycles. The van der Waals surface area contributed by atoms with Gasteiger partial charge >= 0.3 is 0 Å². The van der Waals surface area contributed by atoms with Crippen molar-refractivity contribution in [1.29, 1.82) is 0 Å². The van der Waals surface area contributed by atoms with Gasteiger partial charge in [-0.1, -0.05) is 158 Å². The molecule has 62 heavy (non-hydrogen) atoms. The Labute approximate surface area is 361 Å². The van der Waals surface area contributed by atoms with E-state index in [0.29, 0.717) is 24.6 Å². The average molecular weight is 803 g/mol. The molecule has 1 fully saturated rings. The maximum absolute atomic E-state index is 12.3. The van der Waals surface area contributed by atoms with Gasteiger partial charge in [0.2, 0.25) is 0 Å². The number of rotatable bonds is 10. The summed E-state index contributed by atoms with van der Waals surface area (Å²) in [5.41, 5.74) is 10.0. The van der Waals surface area contributed by atoms with Crippen LogP contribution in [0.4, 0.5) is 0 Å². The minimum Gasteiger partial charge on any atom is -0.507 e. The number of fused-ring (bicyclic) bond motifs is 4. The number of aromatic hydroxyl groups is 2. The van der Waals surface area contributed by atoms with E-state index in [1.54, 1.807) is 0 Å². The van der Waals surface area contributed by atoms with Crippen molar-refractivity contribution in [2.24, 2.45) is 0 Å². The summed E-state index contributed by atoms with van der Waals surface area (Å²) in [5.74, 6) is 0.626. The normalized spacial score (nSPS) is 15.0. The molecule has 0 aromatic heterocycles. The predicted octanol–water partition coefficient (Wildman–Crippen LogP) is 13.8. The Balaban J connectivity index is 0.896. The Bertz CT molecular complexity index is 3070. The third kappa shape index (κ3) is 6.84. The van der Waals surface area contributed by atoms with Crippen LogP contribution in [0.15, 0.2) is 194 Å². The van der Waals surface area contributed by atoms with Gasteiger partial charge in [0.1, 0.15) is 11.5 Å². The first kappa shape index (κ1) is 37.7. The van der Waals surface area contributed by atoms with Crippen molar-refractivity contribution in [2.75, 3.05) is 0 Å². The van der Waals surface area contributed by atoms with Crippen molar-refractivity contribution in [3.63, 3.8) is 0 Å². The lowest BCUT2D eigenvalue weighted by Crippen LogP contribution is -2.54. The lowest BCUT2D eigenvalue weighted by molar-refractivity contribution is 0.234. The maximum Gasteiger partial charge on any atom is 0.128 e. The number of hydrogen-bond acceptors (Lipinski definition) is 4. The topological polar surface area (TPSA) is 64.5 Å². The first-order chi connectivity index (χ1) is 30.6. The largest absolute Gasteiger partial charge is 0.507 e. The average Bonchev–Trinajstić information content (AvgIpc) is 3.31. The van der Waals surface area contributed by atoms with Crippen LogP contribution < -0.4 is 10.6 Å². The number of phenolic OH excluding ortho intramolecular Hbond substituents is 2. The summed E-state index contributed by atoms with van der Waals surface area (Å²) < 4.78 is 0. The molecule has 0 spiro atoms. The van der Waals surface area contributed by atoms with Crippen LogP contribution >= 0.6 is 0 Å². The molecule has 0 heterocycles. The molecule has 4 heteroatoms. The van der Waals surface area contributed by atoms with Gasteiger partial charge in [-0.2, -0.15) is 0 Å². The van der Waals surface area contributed by atoms with Gasteiger partial charge in [-0.25, -0.2) is 0 Å². The van der Waals surface area contributed by atoms with E-state index in [2.05, 4.69) is 193 Å². The number of phenols is 2. The second kappa shape index (κ2) is 16.0. The Hall–Kier alpha value is -7.24. The van der Waals surface area contributed by atoms with Crippen LogP contribution in [-0.2, 0) is 13.1 Å². The molecule has 300 valence electrons. The summed E-state index contributed by atoms with van der Waals surface area (Å²) >= 11 is 0. The quantitative estimate of drug-likeness (QED) is 0.111. The highest BCUT2D eigenvalue weighted by Gasteiger charge is 2.31. The monoisotopic (exact) mass is 802 g/mol. The molecule has 0 unspecified atom stereocenters. The fraction of sp³-hybridized carbons (Fsp3) is 0.103. The second-order valence-corrected chi connectivity index (χ2v) is 16.7. The van der Waals surface area contributed by atoms with Crippen molar-refractivity contribution >= 4 is 43.1 Å². The van der Waals surface area contributed by atoms with Crippen LogP contribution in [0.5, 0.6) is 11.5 Å². The number of benzene rings is 10. The Kier molecular flexibility index (Phi) is 9.73. The molecule has 0 radical (unpaired) electrons. The first-order valence-electron chi connectivity index (χ1n) is 21.7. The van der Waals surface area contributed by atoms with E-state index >= 15 is 0 Å². The van der Waals surface area contributed by atoms with Gasteiger partial charge in [0.25, 0.3) is 0 Å². The number of nitrogens with one attached hydrogen (secondary N) is 2. The van der Waals surface area contributed by atoms with Gasteiger partial charge in [-0.05, 0) is 126 Å². The van der Waals surface area contributed by atoms with E-state index in [9.17, 15) is 10.2 Å². The highest BCUT2D eigenvalue weighted by molar-refractivity contribution is 6.11. The SMILES string of the molecule is Oc1c(CN[C@H]2CC[C@@H]2NCc2cc3ccccc3c(-c3cc(-c4ccccc4)cc4ccccc34)c2O)cc2ccccc2c1-c1cc(-c2ccccc2)cc2ccccc12. The van der Waals surface area contributed by atoms with Gasteiger partial charge in [-0.15, -0.1) is 0 Å². The van der Waals surface area contributed by atoms with E-state index < -0.39 is 0 Å². The first-order valence-corrected chi connectivity index (χ1v) is 21.7. The summed E-state index contributed by atoms with van der Waals surface area (Å²) in [5, 5.41) is 41.0. The van der Waals surface area contributed by atoms with E-state index in [-0.39, 0.29) is 12.1 Å². The van der Waals surface area contributed by atoms with Crippen molar-refractivity contribution in [2.45, 2.75) is 38.0 Å². The van der Waals surface area contributed by atoms with Crippen LogP contribution in [0.1, 0.15) is 24.0 Å². The fourth-order valence-corrected chi connectivity index (χ4v) is 9.70. The van der Waals surface area contributed by atoms with Gasteiger partial charge < -0.3 is 20.8 Å². The summed E-state index contributed by atoms with van der Waals surface area (Å²) in [6.45, 7) is 1.05. The van der Waals surface area contributed by atoms with Gasteiger partial charge in [0.15, 0.2) is 0 Å². The zero-order valence-corrected chi connectivity index (χ0v) is 34.4. The highest BCUT2D eigenvalue weighted by atomic mass is 16.3. The molecule has 0 aliphatic heterocycles. The van der Waals surface area contributed by atoms with E-state index in [1.807, 2.05) is 12.1 Å². The summed E-state index contributed by atoms with van der Waals surface area (Å²) in [7, 11) is 0. The van der Waals surface area contributed by atoms with Crippen molar-refractivity contribution in [3.8, 4) is 56.0 Å². The van der Waals surface area contributed by atoms with E-state index in [4.69, 9.17) is 0 Å². The molecule has 4 nitrogen and oxygen atoms in total. The Morgan fingerprint density at radius 3 is 1.08 bits per heavy atom. The molecule has 10 aromatic rings. The minimum absolute atomic E-state index is 0.208. The zero-order valence-electron chi connectivity index (χ0n) is 34.4. The third-order valence-electron chi connectivity index (χ3n) is 13.1. The highest BCUT2D eigenvalue weighted by Crippen LogP contribution is 2.46. The van der Waals surface area contributed by atoms with Gasteiger partial charge in [0.05, 0.1) is 0 Å². The minimum atomic E-state index is 0.208. The number of hydrogen-bond donors (Lipinski definition) is 4. The molecule has 4 N–H and O–H groups in total. The lowest BCUT2D eigenvalue weighted by Gasteiger charge is -2.38. The van der Waals surface area contributed by atoms with Crippen molar-refractivity contribution in [1.82, 2.24) is 10.6 Å². The molecule has 0 amide bonds. The Morgan fingerprint density at radius 2 is 0.694 bits per heavy atom. The Morgan fingerprint density at radius 1 is 0.355 bits per heavy atom. The fourth-order valence-electron chi connectivity index (χ4n) is 9.70. The van der Waals surface area contributed by atoms with Crippen LogP contribution in [0.3, 0.4) is 0 Å². The molecule has 1 aliphatic rings. The summed E-state index contributed by atoms with van der Waals surface area (Å²) in [4.78, 5) is 0. The van der Waals surface area contributed by atoms with Crippen LogP contribution in [-0.4, -0.2) is 22.3 Å². The molecular weight excluding hydrogens is 757 g/mol. The van der Waals surface area contributed by atoms with Crippen LogP contribution in [0.2, 0.25) is 0 Å². The predicted molar refractivity (Wildman–Crippen MR) is 258 cm³/mol. The molecular formula is C58H46N2O2. The van der Waals surface area contributed by atoms with Crippen molar-refractivity contribution in [3.05, 3.63) is 205 Å². The molecule has 2 atom stereocenters. The molecule has 0 saturated heterocycles. The molecule has 1 saturated carbocycles. The third-order valence-corrected chi connectivity index (χ3v) is 13.1.